The second-order valence-corrected chi connectivity index (χ2v) is 13.5. The SMILES string of the molecule is COC(=O)[C@H](O)[C@H]1C(C)(C)[C@H](OC(=O)c2cccnc2)[C@@H]2C=C3[C@@H]4CC(=O)O[C@@H](c5ccoc5)[C@]4(C)CC[C@@H]3[C@@]1(C)C2=O. The Bertz CT molecular complexity index is 1480. The van der Waals surface area contributed by atoms with Crippen LogP contribution < -0.4 is 0 Å². The maximum Gasteiger partial charge on any atom is 0.340 e. The van der Waals surface area contributed by atoms with Crippen LogP contribution in [0, 0.1) is 39.9 Å². The van der Waals surface area contributed by atoms with Crippen molar-refractivity contribution in [2.75, 3.05) is 7.11 Å². The van der Waals surface area contributed by atoms with Gasteiger partial charge < -0.3 is 23.7 Å². The van der Waals surface area contributed by atoms with E-state index in [4.69, 9.17) is 18.6 Å². The van der Waals surface area contributed by atoms with Gasteiger partial charge in [-0.1, -0.05) is 39.3 Å². The Morgan fingerprint density at radius 3 is 2.56 bits per heavy atom. The van der Waals surface area contributed by atoms with Gasteiger partial charge in [-0.2, -0.15) is 0 Å². The molecule has 1 aliphatic heterocycles. The number of nitrogens with zero attached hydrogens (tertiary/aromatic N) is 1. The monoisotopic (exact) mass is 591 g/mol. The number of pyridine rings is 1. The van der Waals surface area contributed by atoms with Crippen LogP contribution >= 0.6 is 0 Å². The minimum absolute atomic E-state index is 0.123. The molecule has 10 heteroatoms. The van der Waals surface area contributed by atoms with E-state index in [-0.39, 0.29) is 35.6 Å². The number of hydrogen-bond donors (Lipinski definition) is 1. The molecule has 9 atom stereocenters. The quantitative estimate of drug-likeness (QED) is 0.305. The molecule has 43 heavy (non-hydrogen) atoms. The number of methoxy groups -OCH3 is 1. The molecule has 3 heterocycles. The highest BCUT2D eigenvalue weighted by molar-refractivity contribution is 5.95. The third-order valence-corrected chi connectivity index (χ3v) is 11.0. The lowest BCUT2D eigenvalue weighted by atomic mass is 9.40. The number of fused-ring (bicyclic) bond motifs is 6. The van der Waals surface area contributed by atoms with Crippen molar-refractivity contribution in [3.8, 4) is 0 Å². The molecule has 2 aromatic rings. The standard InChI is InChI=1S/C33H37NO9/c1-31(2)25(24(36)30(39)40-5)33(4)21-8-10-32(3)22(14-23(35)42-27(32)18-9-12-41-16-18)19(21)13-20(26(33)37)28(31)43-29(38)17-7-6-11-34-15-17/h6-7,9,11-13,15-16,20-22,24-25,27-28,36H,8,10,14H2,1-5H3/t20-,21+,22+,24-,25+,27+,28-,32-,33-/m1/s1. The van der Waals surface area contributed by atoms with E-state index in [2.05, 4.69) is 11.9 Å². The number of esters is 3. The van der Waals surface area contributed by atoms with E-state index in [9.17, 15) is 24.3 Å². The summed E-state index contributed by atoms with van der Waals surface area (Å²) in [6.07, 6.45) is 6.08. The fraction of sp³-hybridized carbons (Fsp3) is 0.545. The first kappa shape index (κ1) is 29.3. The highest BCUT2D eigenvalue weighted by Crippen LogP contribution is 2.68. The van der Waals surface area contributed by atoms with Gasteiger partial charge in [-0.3, -0.25) is 14.6 Å². The molecule has 0 aromatic carbocycles. The number of allylic oxidation sites excluding steroid dienone is 1. The fourth-order valence-corrected chi connectivity index (χ4v) is 9.02. The van der Waals surface area contributed by atoms with Crippen molar-refractivity contribution in [2.45, 2.75) is 65.3 Å². The van der Waals surface area contributed by atoms with Crippen LogP contribution in [0.2, 0.25) is 0 Å². The summed E-state index contributed by atoms with van der Waals surface area (Å²) in [6, 6.07) is 4.98. The first-order chi connectivity index (χ1) is 20.4. The van der Waals surface area contributed by atoms with E-state index < -0.39 is 58.3 Å². The van der Waals surface area contributed by atoms with E-state index in [0.29, 0.717) is 12.8 Å². The topological polar surface area (TPSA) is 142 Å². The van der Waals surface area contributed by atoms with Crippen LogP contribution in [0.15, 0.2) is 59.2 Å². The average Bonchev–Trinajstić information content (AvgIpc) is 3.52. The maximum atomic E-state index is 14.6. The lowest BCUT2D eigenvalue weighted by Crippen LogP contribution is -2.69. The summed E-state index contributed by atoms with van der Waals surface area (Å²) in [5.41, 5.74) is -0.858. The second kappa shape index (κ2) is 10.1. The van der Waals surface area contributed by atoms with Gasteiger partial charge in [-0.15, -0.1) is 0 Å². The number of rotatable bonds is 5. The van der Waals surface area contributed by atoms with Gasteiger partial charge in [0.2, 0.25) is 0 Å². The molecular formula is C33H37NO9. The molecular weight excluding hydrogens is 554 g/mol. The second-order valence-electron chi connectivity index (χ2n) is 13.5. The molecule has 3 aliphatic carbocycles. The molecule has 0 amide bonds. The Morgan fingerprint density at radius 1 is 1.14 bits per heavy atom. The zero-order valence-electron chi connectivity index (χ0n) is 24.9. The van der Waals surface area contributed by atoms with E-state index in [1.165, 1.54) is 19.5 Å². The molecule has 6 rings (SSSR count). The number of ketones is 1. The van der Waals surface area contributed by atoms with Crippen LogP contribution in [0.5, 0.6) is 0 Å². The zero-order valence-corrected chi connectivity index (χ0v) is 24.9. The van der Waals surface area contributed by atoms with Gasteiger partial charge in [-0.05, 0) is 42.9 Å². The average molecular weight is 592 g/mol. The number of aliphatic hydroxyl groups excluding tert-OH is 1. The third-order valence-electron chi connectivity index (χ3n) is 11.0. The predicted molar refractivity (Wildman–Crippen MR) is 150 cm³/mol. The number of furan rings is 1. The number of cyclic esters (lactones) is 1. The van der Waals surface area contributed by atoms with Gasteiger partial charge in [0.15, 0.2) is 6.10 Å². The zero-order chi connectivity index (χ0) is 30.9. The van der Waals surface area contributed by atoms with Crippen molar-refractivity contribution in [1.82, 2.24) is 4.98 Å². The fourth-order valence-electron chi connectivity index (χ4n) is 9.02. The predicted octanol–water partition coefficient (Wildman–Crippen LogP) is 4.24. The highest BCUT2D eigenvalue weighted by atomic mass is 16.6. The van der Waals surface area contributed by atoms with Gasteiger partial charge >= 0.3 is 17.9 Å². The Morgan fingerprint density at radius 2 is 1.91 bits per heavy atom. The molecule has 0 unspecified atom stereocenters. The summed E-state index contributed by atoms with van der Waals surface area (Å²) in [5.74, 6) is -4.54. The molecule has 10 nitrogen and oxygen atoms in total. The molecule has 4 aliphatic rings. The normalized spacial score (nSPS) is 36.7. The first-order valence-electron chi connectivity index (χ1n) is 14.7. The number of hydrogen-bond acceptors (Lipinski definition) is 10. The smallest absolute Gasteiger partial charge is 0.340 e. The third kappa shape index (κ3) is 4.20. The molecule has 0 radical (unpaired) electrons. The molecule has 1 N–H and O–H groups in total. The molecule has 3 fully saturated rings. The lowest BCUT2D eigenvalue weighted by molar-refractivity contribution is -0.202. The largest absolute Gasteiger partial charge is 0.472 e. The Hall–Kier alpha value is -3.79. The number of Topliss-reactive ketones (excluding diaryl/α,β-unsaturated/α-hetero) is 1. The van der Waals surface area contributed by atoms with Crippen molar-refractivity contribution in [3.63, 3.8) is 0 Å². The summed E-state index contributed by atoms with van der Waals surface area (Å²) in [6.45, 7) is 7.55. The minimum atomic E-state index is -1.66. The molecule has 0 spiro atoms. The van der Waals surface area contributed by atoms with Crippen molar-refractivity contribution >= 4 is 23.7 Å². The summed E-state index contributed by atoms with van der Waals surface area (Å²) in [4.78, 5) is 58.0. The van der Waals surface area contributed by atoms with Crippen LogP contribution in [-0.4, -0.2) is 53.1 Å². The number of carbonyl (C=O) groups is 4. The first-order valence-corrected chi connectivity index (χ1v) is 14.7. The van der Waals surface area contributed by atoms with E-state index in [1.54, 1.807) is 30.7 Å². The van der Waals surface area contributed by atoms with Crippen LogP contribution in [0.4, 0.5) is 0 Å². The Labute approximate surface area is 249 Å². The van der Waals surface area contributed by atoms with Crippen molar-refractivity contribution < 1.29 is 42.9 Å². The maximum absolute atomic E-state index is 14.6. The van der Waals surface area contributed by atoms with Gasteiger partial charge in [-0.25, -0.2) is 9.59 Å². The number of aliphatic hydroxyl groups is 1. The van der Waals surface area contributed by atoms with Crippen molar-refractivity contribution in [2.24, 2.45) is 39.9 Å². The minimum Gasteiger partial charge on any atom is -0.472 e. The van der Waals surface area contributed by atoms with Crippen LogP contribution in [0.1, 0.15) is 69.0 Å². The summed E-state index contributed by atoms with van der Waals surface area (Å²) < 4.78 is 22.3. The molecule has 228 valence electrons. The van der Waals surface area contributed by atoms with Gasteiger partial charge in [0, 0.05) is 40.1 Å². The van der Waals surface area contributed by atoms with Crippen LogP contribution in [-0.2, 0) is 28.6 Å². The number of ether oxygens (including phenoxy) is 3. The van der Waals surface area contributed by atoms with Gasteiger partial charge in [0.25, 0.3) is 0 Å². The van der Waals surface area contributed by atoms with Crippen molar-refractivity contribution in [1.29, 1.82) is 0 Å². The van der Waals surface area contributed by atoms with E-state index in [0.717, 1.165) is 11.1 Å². The summed E-state index contributed by atoms with van der Waals surface area (Å²) in [5, 5.41) is 11.5. The Kier molecular flexibility index (Phi) is 6.91. The van der Waals surface area contributed by atoms with Crippen molar-refractivity contribution in [3.05, 3.63) is 65.9 Å². The van der Waals surface area contributed by atoms with E-state index in [1.807, 2.05) is 26.8 Å². The Balaban J connectivity index is 1.50. The molecule has 2 saturated carbocycles. The summed E-state index contributed by atoms with van der Waals surface area (Å²) >= 11 is 0. The highest BCUT2D eigenvalue weighted by Gasteiger charge is 2.70. The lowest BCUT2D eigenvalue weighted by Gasteiger charge is -2.64. The van der Waals surface area contributed by atoms with Gasteiger partial charge in [0.05, 0.1) is 37.5 Å². The van der Waals surface area contributed by atoms with E-state index >= 15 is 0 Å². The molecule has 1 saturated heterocycles. The van der Waals surface area contributed by atoms with Gasteiger partial charge in [0.1, 0.15) is 18.0 Å². The molecule has 2 aromatic heterocycles. The summed E-state index contributed by atoms with van der Waals surface area (Å²) in [7, 11) is 1.19. The number of carbonyl (C=O) groups excluding carboxylic acids is 4. The van der Waals surface area contributed by atoms with Crippen LogP contribution in [0.3, 0.4) is 0 Å². The van der Waals surface area contributed by atoms with Crippen LogP contribution in [0.25, 0.3) is 0 Å². The molecule has 2 bridgehead atoms. The number of aromatic nitrogens is 1.